The van der Waals surface area contributed by atoms with Crippen molar-refractivity contribution in [3.63, 3.8) is 0 Å². The predicted octanol–water partition coefficient (Wildman–Crippen LogP) is 5.37. The minimum absolute atomic E-state index is 0.180. The normalized spacial score (nSPS) is 17.5. The summed E-state index contributed by atoms with van der Waals surface area (Å²) in [7, 11) is 0. The fraction of sp³-hybridized carbons (Fsp3) is 0.346. The molecule has 2 heterocycles. The number of nitrogens with one attached hydrogen (secondary N) is 1. The summed E-state index contributed by atoms with van der Waals surface area (Å²) in [6.07, 6.45) is 0.0520. The summed E-state index contributed by atoms with van der Waals surface area (Å²) in [5, 5.41) is 15.0. The molecule has 2 atom stereocenters. The molecule has 0 spiro atoms. The quantitative estimate of drug-likeness (QED) is 0.440. The maximum atomic E-state index is 12.6. The van der Waals surface area contributed by atoms with Gasteiger partial charge in [0.25, 0.3) is 0 Å². The molecule has 1 amide bonds. The number of ether oxygens (including phenoxy) is 1. The Morgan fingerprint density at radius 2 is 1.83 bits per heavy atom. The highest BCUT2D eigenvalue weighted by atomic mass is 35.5. The summed E-state index contributed by atoms with van der Waals surface area (Å²) < 4.78 is 5.42. The lowest BCUT2D eigenvalue weighted by atomic mass is 10.1. The minimum Gasteiger partial charge on any atom is -0.445 e. The van der Waals surface area contributed by atoms with Crippen LogP contribution in [0.2, 0.25) is 10.0 Å². The van der Waals surface area contributed by atoms with E-state index in [-0.39, 0.29) is 13.2 Å². The van der Waals surface area contributed by atoms with E-state index in [1.165, 1.54) is 4.90 Å². The molecule has 1 fully saturated rings. The van der Waals surface area contributed by atoms with Crippen LogP contribution in [0.25, 0.3) is 11.3 Å². The second-order valence-electron chi connectivity index (χ2n) is 8.41. The topological polar surface area (TPSA) is 87.6 Å². The average molecular weight is 515 g/mol. The Hall–Kier alpha value is -2.87. The molecule has 7 nitrogen and oxygen atoms in total. The zero-order valence-corrected chi connectivity index (χ0v) is 21.2. The molecule has 0 aliphatic carbocycles. The third-order valence-electron chi connectivity index (χ3n) is 5.97. The number of aliphatic hydroxyl groups excluding tert-OH is 1. The van der Waals surface area contributed by atoms with Gasteiger partial charge in [-0.15, -0.1) is 0 Å². The van der Waals surface area contributed by atoms with Crippen LogP contribution in [0.4, 0.5) is 10.6 Å². The maximum Gasteiger partial charge on any atom is 0.410 e. The lowest BCUT2D eigenvalue weighted by molar-refractivity contribution is 0.0971. The molecular weight excluding hydrogens is 487 g/mol. The number of anilines is 1. The number of aromatic nitrogens is 2. The minimum atomic E-state index is -0.763. The number of hydrogen-bond acceptors (Lipinski definition) is 6. The third kappa shape index (κ3) is 5.86. The lowest BCUT2D eigenvalue weighted by Gasteiger charge is -2.20. The van der Waals surface area contributed by atoms with Crippen LogP contribution >= 0.6 is 23.2 Å². The molecule has 3 aromatic rings. The number of β-amino-alcohol motifs (C(OH)–C–C–N with tert-alkyl or cyclic N) is 1. The number of rotatable bonds is 7. The Morgan fingerprint density at radius 3 is 2.51 bits per heavy atom. The second kappa shape index (κ2) is 11.2. The summed E-state index contributed by atoms with van der Waals surface area (Å²) in [6.45, 7) is 4.66. The van der Waals surface area contributed by atoms with Crippen molar-refractivity contribution in [3.8, 4) is 11.3 Å². The molecule has 35 heavy (non-hydrogen) atoms. The van der Waals surface area contributed by atoms with Gasteiger partial charge in [-0.05, 0) is 36.6 Å². The van der Waals surface area contributed by atoms with Gasteiger partial charge in [0.15, 0.2) is 0 Å². The molecule has 1 aromatic heterocycles. The summed E-state index contributed by atoms with van der Waals surface area (Å²) in [6, 6.07) is 14.4. The fourth-order valence-electron chi connectivity index (χ4n) is 4.07. The smallest absolute Gasteiger partial charge is 0.410 e. The molecule has 1 aliphatic heterocycles. The van der Waals surface area contributed by atoms with Gasteiger partial charge in [-0.3, -0.25) is 0 Å². The van der Waals surface area contributed by atoms with Crippen molar-refractivity contribution < 1.29 is 14.6 Å². The Labute approximate surface area is 215 Å². The van der Waals surface area contributed by atoms with Crippen LogP contribution < -0.4 is 5.32 Å². The van der Waals surface area contributed by atoms with Gasteiger partial charge in [0.1, 0.15) is 12.4 Å². The van der Waals surface area contributed by atoms with Crippen LogP contribution in [0.5, 0.6) is 0 Å². The van der Waals surface area contributed by atoms with Crippen LogP contribution in [-0.4, -0.2) is 51.3 Å². The molecule has 0 radical (unpaired) electrons. The standard InChI is InChI=1S/C26H28Cl2N4O3/c1-3-20-24(18-11-10-17(27)12-19(18)28)29-21(4-2)25(30-20)31-22-13-32(14-23(22)33)26(34)35-15-16-8-6-5-7-9-16/h5-12,22-23,33H,3-4,13-15H2,1-2H3,(H,30,31)/t22-,23+/m0/s1. The monoisotopic (exact) mass is 514 g/mol. The Balaban J connectivity index is 1.49. The van der Waals surface area contributed by atoms with Crippen LogP contribution in [0.15, 0.2) is 48.5 Å². The number of aryl methyl sites for hydroxylation is 2. The van der Waals surface area contributed by atoms with E-state index >= 15 is 0 Å². The number of hydrogen-bond donors (Lipinski definition) is 2. The summed E-state index contributed by atoms with van der Waals surface area (Å²) in [5.74, 6) is 0.599. The number of carbonyl (C=O) groups is 1. The number of benzene rings is 2. The molecule has 1 aliphatic rings. The first kappa shape index (κ1) is 25.2. The molecule has 0 bridgehead atoms. The van der Waals surface area contributed by atoms with Crippen molar-refractivity contribution in [3.05, 3.63) is 75.5 Å². The van der Waals surface area contributed by atoms with Crippen LogP contribution in [0.1, 0.15) is 30.8 Å². The Morgan fingerprint density at radius 1 is 1.09 bits per heavy atom. The molecule has 4 rings (SSSR count). The van der Waals surface area contributed by atoms with E-state index in [4.69, 9.17) is 37.9 Å². The largest absolute Gasteiger partial charge is 0.445 e. The fourth-order valence-corrected chi connectivity index (χ4v) is 4.57. The van der Waals surface area contributed by atoms with Crippen LogP contribution in [-0.2, 0) is 24.2 Å². The van der Waals surface area contributed by atoms with Gasteiger partial charge < -0.3 is 20.1 Å². The van der Waals surface area contributed by atoms with Crippen molar-refractivity contribution in [2.75, 3.05) is 18.4 Å². The van der Waals surface area contributed by atoms with E-state index in [0.717, 1.165) is 28.2 Å². The average Bonchev–Trinajstić information content (AvgIpc) is 3.23. The highest BCUT2D eigenvalue weighted by Crippen LogP contribution is 2.33. The van der Waals surface area contributed by atoms with Crippen molar-refractivity contribution in [2.45, 2.75) is 45.4 Å². The molecule has 184 valence electrons. The SMILES string of the molecule is CCc1nc(-c2ccc(Cl)cc2Cl)c(CC)nc1N[C@H]1CN(C(=O)OCc2ccccc2)C[C@H]1O. The van der Waals surface area contributed by atoms with Gasteiger partial charge in [-0.25, -0.2) is 14.8 Å². The third-order valence-corrected chi connectivity index (χ3v) is 6.52. The van der Waals surface area contributed by atoms with Crippen molar-refractivity contribution in [1.29, 1.82) is 0 Å². The number of amides is 1. The number of aliphatic hydroxyl groups is 1. The van der Waals surface area contributed by atoms with Crippen LogP contribution in [0.3, 0.4) is 0 Å². The van der Waals surface area contributed by atoms with Gasteiger partial charge >= 0.3 is 6.09 Å². The zero-order valence-electron chi connectivity index (χ0n) is 19.7. The molecule has 1 saturated heterocycles. The van der Waals surface area contributed by atoms with E-state index in [2.05, 4.69) is 5.32 Å². The second-order valence-corrected chi connectivity index (χ2v) is 9.25. The molecule has 2 aromatic carbocycles. The Kier molecular flexibility index (Phi) is 8.11. The van der Waals surface area contributed by atoms with E-state index in [9.17, 15) is 9.90 Å². The van der Waals surface area contributed by atoms with Gasteiger partial charge in [-0.2, -0.15) is 0 Å². The molecule has 9 heteroatoms. The first-order valence-electron chi connectivity index (χ1n) is 11.6. The molecular formula is C26H28Cl2N4O3. The van der Waals surface area contributed by atoms with Gasteiger partial charge in [0, 0.05) is 17.1 Å². The Bertz CT molecular complexity index is 1190. The van der Waals surface area contributed by atoms with E-state index in [1.807, 2.05) is 50.2 Å². The summed E-state index contributed by atoms with van der Waals surface area (Å²) >= 11 is 12.5. The molecule has 2 N–H and O–H groups in total. The van der Waals surface area contributed by atoms with Crippen molar-refractivity contribution >= 4 is 35.1 Å². The lowest BCUT2D eigenvalue weighted by Crippen LogP contribution is -2.34. The van der Waals surface area contributed by atoms with E-state index in [0.29, 0.717) is 35.2 Å². The maximum absolute atomic E-state index is 12.6. The van der Waals surface area contributed by atoms with Crippen molar-refractivity contribution in [2.24, 2.45) is 0 Å². The number of likely N-dealkylation sites (tertiary alicyclic amines) is 1. The van der Waals surface area contributed by atoms with Crippen LogP contribution in [0, 0.1) is 0 Å². The number of halogens is 2. The van der Waals surface area contributed by atoms with E-state index < -0.39 is 18.2 Å². The predicted molar refractivity (Wildman–Crippen MR) is 138 cm³/mol. The van der Waals surface area contributed by atoms with E-state index in [1.54, 1.807) is 12.1 Å². The molecule has 0 saturated carbocycles. The summed E-state index contributed by atoms with van der Waals surface area (Å²) in [5.41, 5.74) is 3.93. The molecule has 0 unspecified atom stereocenters. The zero-order chi connectivity index (χ0) is 24.9. The number of carbonyl (C=O) groups excluding carboxylic acids is 1. The highest BCUT2D eigenvalue weighted by Gasteiger charge is 2.35. The van der Waals surface area contributed by atoms with Gasteiger partial charge in [0.2, 0.25) is 0 Å². The van der Waals surface area contributed by atoms with Gasteiger partial charge in [0.05, 0.1) is 40.8 Å². The summed E-state index contributed by atoms with van der Waals surface area (Å²) in [4.78, 5) is 23.8. The van der Waals surface area contributed by atoms with Crippen molar-refractivity contribution in [1.82, 2.24) is 14.9 Å². The number of nitrogens with zero attached hydrogens (tertiary/aromatic N) is 3. The van der Waals surface area contributed by atoms with Gasteiger partial charge in [-0.1, -0.05) is 67.4 Å². The first-order valence-corrected chi connectivity index (χ1v) is 12.4. The first-order chi connectivity index (χ1) is 16.9. The highest BCUT2D eigenvalue weighted by molar-refractivity contribution is 6.36.